The first-order valence-corrected chi connectivity index (χ1v) is 9.23. The molecule has 1 saturated heterocycles. The fourth-order valence-electron chi connectivity index (χ4n) is 3.34. The monoisotopic (exact) mass is 528 g/mol. The maximum Gasteiger partial charge on any atom is 0.411 e. The van der Waals surface area contributed by atoms with Crippen LogP contribution in [0.4, 0.5) is 13.2 Å². The number of guanidine groups is 1. The van der Waals surface area contributed by atoms with Gasteiger partial charge < -0.3 is 20.7 Å². The molecule has 164 valence electrons. The maximum absolute atomic E-state index is 12.2. The number of hydrogen-bond donors (Lipinski definition) is 2. The van der Waals surface area contributed by atoms with E-state index in [0.717, 1.165) is 30.9 Å². The second-order valence-corrected chi connectivity index (χ2v) is 6.95. The number of carbonyl (C=O) groups excluding carboxylic acids is 1. The molecule has 1 atom stereocenters. The highest BCUT2D eigenvalue weighted by Gasteiger charge is 2.27. The molecular weight excluding hydrogens is 500 g/mol. The minimum absolute atomic E-state index is 0. The zero-order valence-electron chi connectivity index (χ0n) is 16.4. The van der Waals surface area contributed by atoms with Crippen LogP contribution >= 0.6 is 24.0 Å². The molecule has 1 aromatic carbocycles. The Morgan fingerprint density at radius 2 is 2.10 bits per heavy atom. The predicted octanol–water partition coefficient (Wildman–Crippen LogP) is 3.05. The molecule has 0 radical (unpaired) electrons. The molecule has 29 heavy (non-hydrogen) atoms. The number of likely N-dealkylation sites (tertiary alicyclic amines) is 1. The molecule has 1 fully saturated rings. The highest BCUT2D eigenvalue weighted by molar-refractivity contribution is 14.0. The Bertz CT molecular complexity index is 686. The Hall–Kier alpha value is -1.56. The Balaban J connectivity index is 0.00000420. The van der Waals surface area contributed by atoms with E-state index in [2.05, 4.69) is 15.2 Å². The van der Waals surface area contributed by atoms with Crippen LogP contribution in [0.1, 0.15) is 30.4 Å². The van der Waals surface area contributed by atoms with Crippen LogP contribution in [0.5, 0.6) is 0 Å². The molecule has 1 aliphatic rings. The lowest BCUT2D eigenvalue weighted by molar-refractivity contribution is -0.176. The number of benzene rings is 1. The smallest absolute Gasteiger partial charge is 0.370 e. The topological polar surface area (TPSA) is 80.0 Å². The molecule has 10 heteroatoms. The average molecular weight is 528 g/mol. The first kappa shape index (κ1) is 25.5. The number of piperidine rings is 1. The van der Waals surface area contributed by atoms with Crippen molar-refractivity contribution in [2.45, 2.75) is 38.6 Å². The van der Waals surface area contributed by atoms with Gasteiger partial charge in [0.2, 0.25) is 5.91 Å². The van der Waals surface area contributed by atoms with Crippen molar-refractivity contribution in [1.29, 1.82) is 0 Å². The van der Waals surface area contributed by atoms with Crippen LogP contribution < -0.4 is 11.1 Å². The number of aliphatic imine (C=N–C) groups is 1. The van der Waals surface area contributed by atoms with E-state index in [1.807, 2.05) is 12.1 Å². The predicted molar refractivity (Wildman–Crippen MR) is 116 cm³/mol. The first-order valence-electron chi connectivity index (χ1n) is 9.23. The van der Waals surface area contributed by atoms with E-state index in [-0.39, 0.29) is 42.4 Å². The van der Waals surface area contributed by atoms with Crippen molar-refractivity contribution in [3.63, 3.8) is 0 Å². The molecule has 0 spiro atoms. The molecule has 1 heterocycles. The highest BCUT2D eigenvalue weighted by Crippen LogP contribution is 2.19. The SMILES string of the molecule is CN=C(NCc1cccc(COCC(F)(F)F)c1)N1CCCC(CC(N)=O)C1.I. The van der Waals surface area contributed by atoms with Gasteiger partial charge in [0.25, 0.3) is 0 Å². The van der Waals surface area contributed by atoms with E-state index in [0.29, 0.717) is 25.1 Å². The second-order valence-electron chi connectivity index (χ2n) is 6.95. The number of primary amides is 1. The zero-order valence-corrected chi connectivity index (χ0v) is 18.7. The van der Waals surface area contributed by atoms with Crippen molar-refractivity contribution in [3.8, 4) is 0 Å². The number of carbonyl (C=O) groups is 1. The minimum Gasteiger partial charge on any atom is -0.370 e. The number of ether oxygens (including phenoxy) is 1. The van der Waals surface area contributed by atoms with Crippen LogP contribution in [0.3, 0.4) is 0 Å². The van der Waals surface area contributed by atoms with Gasteiger partial charge in [0.05, 0.1) is 6.61 Å². The van der Waals surface area contributed by atoms with Gasteiger partial charge in [0, 0.05) is 33.1 Å². The molecule has 1 aliphatic heterocycles. The van der Waals surface area contributed by atoms with Gasteiger partial charge in [-0.15, -0.1) is 24.0 Å². The molecule has 0 aliphatic carbocycles. The lowest BCUT2D eigenvalue weighted by atomic mass is 9.95. The summed E-state index contributed by atoms with van der Waals surface area (Å²) >= 11 is 0. The van der Waals surface area contributed by atoms with Crippen LogP contribution in [0.2, 0.25) is 0 Å². The highest BCUT2D eigenvalue weighted by atomic mass is 127. The molecule has 1 amide bonds. The third-order valence-corrected chi connectivity index (χ3v) is 4.50. The summed E-state index contributed by atoms with van der Waals surface area (Å²) in [7, 11) is 1.70. The Morgan fingerprint density at radius 1 is 1.38 bits per heavy atom. The van der Waals surface area contributed by atoms with Crippen molar-refractivity contribution >= 4 is 35.8 Å². The van der Waals surface area contributed by atoms with E-state index < -0.39 is 12.8 Å². The van der Waals surface area contributed by atoms with Crippen LogP contribution in [-0.2, 0) is 22.7 Å². The molecule has 0 bridgehead atoms. The summed E-state index contributed by atoms with van der Waals surface area (Å²) in [5, 5.41) is 3.28. The standard InChI is InChI=1S/C19H27F3N4O2.HI/c1-24-18(26-7-3-6-15(11-26)9-17(23)27)25-10-14-4-2-5-16(8-14)12-28-13-19(20,21)22;/h2,4-5,8,15H,3,6-7,9-13H2,1H3,(H2,23,27)(H,24,25);1H. The molecule has 0 aromatic heterocycles. The molecular formula is C19H28F3IN4O2. The number of hydrogen-bond acceptors (Lipinski definition) is 3. The van der Waals surface area contributed by atoms with E-state index >= 15 is 0 Å². The summed E-state index contributed by atoms with van der Waals surface area (Å²) in [6.07, 6.45) is -2.03. The third kappa shape index (κ3) is 9.66. The average Bonchev–Trinajstić information content (AvgIpc) is 2.61. The van der Waals surface area contributed by atoms with Gasteiger partial charge in [0.1, 0.15) is 6.61 Å². The summed E-state index contributed by atoms with van der Waals surface area (Å²) in [6.45, 7) is 0.692. The van der Waals surface area contributed by atoms with Gasteiger partial charge in [0.15, 0.2) is 5.96 Å². The number of nitrogens with two attached hydrogens (primary N) is 1. The molecule has 1 unspecified atom stereocenters. The first-order chi connectivity index (χ1) is 13.3. The van der Waals surface area contributed by atoms with Gasteiger partial charge in [-0.2, -0.15) is 13.2 Å². The van der Waals surface area contributed by atoms with Crippen LogP contribution in [0, 0.1) is 5.92 Å². The van der Waals surface area contributed by atoms with Crippen molar-refractivity contribution in [3.05, 3.63) is 35.4 Å². The van der Waals surface area contributed by atoms with Crippen molar-refractivity contribution in [2.24, 2.45) is 16.6 Å². The van der Waals surface area contributed by atoms with Gasteiger partial charge in [-0.1, -0.05) is 24.3 Å². The number of halogens is 4. The van der Waals surface area contributed by atoms with Crippen LogP contribution in [-0.4, -0.2) is 49.7 Å². The lowest BCUT2D eigenvalue weighted by Crippen LogP contribution is -2.46. The Labute approximate surface area is 186 Å². The van der Waals surface area contributed by atoms with Crippen LogP contribution in [0.15, 0.2) is 29.3 Å². The number of amides is 1. The summed E-state index contributed by atoms with van der Waals surface area (Å²) in [5.41, 5.74) is 6.90. The van der Waals surface area contributed by atoms with Crippen molar-refractivity contribution in [1.82, 2.24) is 10.2 Å². The lowest BCUT2D eigenvalue weighted by Gasteiger charge is -2.34. The van der Waals surface area contributed by atoms with Gasteiger partial charge in [-0.05, 0) is 29.9 Å². The molecule has 0 saturated carbocycles. The summed E-state index contributed by atoms with van der Waals surface area (Å²) < 4.78 is 41.3. The minimum atomic E-state index is -4.33. The third-order valence-electron chi connectivity index (χ3n) is 4.50. The number of nitrogens with zero attached hydrogens (tertiary/aromatic N) is 2. The molecule has 1 aromatic rings. The normalized spacial score (nSPS) is 17.6. The summed E-state index contributed by atoms with van der Waals surface area (Å²) in [5.74, 6) is 0.658. The molecule has 6 nitrogen and oxygen atoms in total. The van der Waals surface area contributed by atoms with Gasteiger partial charge in [-0.25, -0.2) is 0 Å². The number of nitrogens with one attached hydrogen (secondary N) is 1. The van der Waals surface area contributed by atoms with E-state index in [1.165, 1.54) is 0 Å². The zero-order chi connectivity index (χ0) is 20.6. The van der Waals surface area contributed by atoms with E-state index in [1.54, 1.807) is 19.2 Å². The second kappa shape index (κ2) is 12.2. The van der Waals surface area contributed by atoms with Gasteiger partial charge >= 0.3 is 6.18 Å². The fraction of sp³-hybridized carbons (Fsp3) is 0.579. The van der Waals surface area contributed by atoms with E-state index in [9.17, 15) is 18.0 Å². The maximum atomic E-state index is 12.2. The summed E-state index contributed by atoms with van der Waals surface area (Å²) in [4.78, 5) is 17.6. The van der Waals surface area contributed by atoms with Crippen molar-refractivity contribution in [2.75, 3.05) is 26.7 Å². The Kier molecular flexibility index (Phi) is 10.7. The largest absolute Gasteiger partial charge is 0.411 e. The van der Waals surface area contributed by atoms with Crippen molar-refractivity contribution < 1.29 is 22.7 Å². The van der Waals surface area contributed by atoms with E-state index in [4.69, 9.17) is 10.5 Å². The number of rotatable bonds is 7. The fourth-order valence-corrected chi connectivity index (χ4v) is 3.34. The number of alkyl halides is 3. The van der Waals surface area contributed by atoms with Gasteiger partial charge in [-0.3, -0.25) is 9.79 Å². The quantitative estimate of drug-likeness (QED) is 0.324. The molecule has 2 rings (SSSR count). The molecule has 3 N–H and O–H groups in total. The van der Waals surface area contributed by atoms with Crippen LogP contribution in [0.25, 0.3) is 0 Å². The Morgan fingerprint density at radius 3 is 2.76 bits per heavy atom. The summed E-state index contributed by atoms with van der Waals surface area (Å²) in [6, 6.07) is 7.21.